The van der Waals surface area contributed by atoms with E-state index in [0.717, 1.165) is 9.37 Å². The van der Waals surface area contributed by atoms with E-state index in [4.69, 9.17) is 32.7 Å². The maximum Gasteiger partial charge on any atom is 0.253 e. The van der Waals surface area contributed by atoms with E-state index in [2.05, 4.69) is 15.9 Å². The molecule has 0 aromatic heterocycles. The average molecular weight is 664 g/mol. The summed E-state index contributed by atoms with van der Waals surface area (Å²) in [5.41, 5.74) is 1.48. The van der Waals surface area contributed by atoms with E-state index in [1.54, 1.807) is 24.3 Å². The number of rotatable bonds is 4. The Morgan fingerprint density at radius 2 is 1.56 bits per heavy atom. The standard InChI is InChI=1S/C29H25BrCl2N2O7/c1-33-26(38)28(31)12-18-16(8-9-17-21(18)25(37)34(24(17)36)15-6-4-14(30)5-7-15)22(29(28,32)27(33)39)13-10-19(40-2)23(35)20(11-13)41-3/h4-8,10-11,17-18,21-22,35H,9,12H2,1-3H3/t17-,18+,21-,22-,28+,29-/m0/s1. The van der Waals surface area contributed by atoms with E-state index < -0.39 is 51.1 Å². The minimum atomic E-state index is -1.96. The molecule has 2 saturated heterocycles. The topological polar surface area (TPSA) is 113 Å². The SMILES string of the molecule is COc1cc([C@H]2C3=CC[C@@H]4C(=O)N(c5ccc(Br)cc5)C(=O)[C@@H]4[C@@H]3C[C@@]3(Cl)C(=O)N(C)C(=O)[C@@]23Cl)cc(OC)c1O. The zero-order chi connectivity index (χ0) is 29.6. The number of fused-ring (bicyclic) bond motifs is 4. The van der Waals surface area contributed by atoms with Crippen molar-refractivity contribution in [3.05, 3.63) is 58.1 Å². The number of imide groups is 2. The van der Waals surface area contributed by atoms with Crippen LogP contribution in [-0.2, 0) is 19.2 Å². The smallest absolute Gasteiger partial charge is 0.253 e. The largest absolute Gasteiger partial charge is 0.502 e. The second-order valence-electron chi connectivity index (χ2n) is 10.8. The Morgan fingerprint density at radius 1 is 0.951 bits per heavy atom. The molecule has 0 spiro atoms. The van der Waals surface area contributed by atoms with Gasteiger partial charge in [0.15, 0.2) is 21.2 Å². The number of likely N-dealkylation sites (tertiary alicyclic amines) is 1. The third-order valence-corrected chi connectivity index (χ3v) is 10.9. The van der Waals surface area contributed by atoms with Gasteiger partial charge in [0, 0.05) is 17.4 Å². The lowest BCUT2D eigenvalue weighted by molar-refractivity contribution is -0.138. The van der Waals surface area contributed by atoms with Gasteiger partial charge in [-0.05, 0) is 60.7 Å². The van der Waals surface area contributed by atoms with Gasteiger partial charge in [0.25, 0.3) is 11.8 Å². The van der Waals surface area contributed by atoms with Gasteiger partial charge in [-0.25, -0.2) is 0 Å². The molecule has 4 aliphatic rings. The minimum Gasteiger partial charge on any atom is -0.502 e. The van der Waals surface area contributed by atoms with Gasteiger partial charge in [-0.1, -0.05) is 27.6 Å². The molecule has 6 rings (SSSR count). The number of ether oxygens (including phenoxy) is 2. The number of nitrogens with zero attached hydrogens (tertiary/aromatic N) is 2. The van der Waals surface area contributed by atoms with Crippen LogP contribution in [0.5, 0.6) is 17.2 Å². The number of phenolic OH excluding ortho intramolecular Hbond substituents is 1. The fourth-order valence-electron chi connectivity index (χ4n) is 7.04. The number of methoxy groups -OCH3 is 2. The summed E-state index contributed by atoms with van der Waals surface area (Å²) >= 11 is 17.8. The molecule has 1 N–H and O–H groups in total. The first-order valence-corrected chi connectivity index (χ1v) is 14.4. The summed E-state index contributed by atoms with van der Waals surface area (Å²) in [4.78, 5) is 53.2. The Balaban J connectivity index is 1.54. The first-order valence-electron chi connectivity index (χ1n) is 12.9. The highest BCUT2D eigenvalue weighted by molar-refractivity contribution is 9.10. The Kier molecular flexibility index (Phi) is 6.48. The van der Waals surface area contributed by atoms with Crippen LogP contribution in [0.1, 0.15) is 24.3 Å². The second kappa shape index (κ2) is 9.47. The average Bonchev–Trinajstić information content (AvgIpc) is 3.28. The van der Waals surface area contributed by atoms with E-state index in [1.807, 2.05) is 6.08 Å². The molecule has 2 aliphatic carbocycles. The molecule has 214 valence electrons. The van der Waals surface area contributed by atoms with E-state index in [-0.39, 0.29) is 36.0 Å². The quantitative estimate of drug-likeness (QED) is 0.294. The molecular formula is C29H25BrCl2N2O7. The van der Waals surface area contributed by atoms with Crippen LogP contribution in [0.25, 0.3) is 0 Å². The molecule has 2 heterocycles. The van der Waals surface area contributed by atoms with Crippen molar-refractivity contribution in [1.29, 1.82) is 0 Å². The zero-order valence-corrected chi connectivity index (χ0v) is 25.3. The third kappa shape index (κ3) is 3.59. The van der Waals surface area contributed by atoms with Crippen molar-refractivity contribution >= 4 is 68.4 Å². The summed E-state index contributed by atoms with van der Waals surface area (Å²) in [5, 5.41) is 10.6. The number of amides is 4. The number of hydrogen-bond acceptors (Lipinski definition) is 7. The summed E-state index contributed by atoms with van der Waals surface area (Å²) in [7, 11) is 4.06. The van der Waals surface area contributed by atoms with Gasteiger partial charge in [0.1, 0.15) is 0 Å². The molecule has 41 heavy (non-hydrogen) atoms. The molecule has 9 nitrogen and oxygen atoms in total. The zero-order valence-electron chi connectivity index (χ0n) is 22.2. The van der Waals surface area contributed by atoms with Gasteiger partial charge in [0.2, 0.25) is 17.6 Å². The summed E-state index contributed by atoms with van der Waals surface area (Å²) in [5.74, 6) is -5.37. The van der Waals surface area contributed by atoms with Crippen LogP contribution in [0, 0.1) is 17.8 Å². The highest BCUT2D eigenvalue weighted by Crippen LogP contribution is 2.66. The predicted molar refractivity (Wildman–Crippen MR) is 153 cm³/mol. The first-order chi connectivity index (χ1) is 19.4. The van der Waals surface area contributed by atoms with E-state index >= 15 is 0 Å². The molecule has 1 saturated carbocycles. The molecule has 3 fully saturated rings. The number of carbonyl (C=O) groups is 4. The molecule has 6 atom stereocenters. The van der Waals surface area contributed by atoms with Crippen LogP contribution in [0.3, 0.4) is 0 Å². The van der Waals surface area contributed by atoms with Crippen molar-refractivity contribution in [2.45, 2.75) is 28.5 Å². The van der Waals surface area contributed by atoms with E-state index in [1.165, 1.54) is 38.3 Å². The van der Waals surface area contributed by atoms with Crippen LogP contribution >= 0.6 is 39.1 Å². The Hall–Kier alpha value is -3.08. The van der Waals surface area contributed by atoms with Gasteiger partial charge in [-0.3, -0.25) is 29.0 Å². The Morgan fingerprint density at radius 3 is 2.15 bits per heavy atom. The van der Waals surface area contributed by atoms with Crippen molar-refractivity contribution < 1.29 is 33.8 Å². The fraction of sp³-hybridized carbons (Fsp3) is 0.379. The van der Waals surface area contributed by atoms with Crippen molar-refractivity contribution in [1.82, 2.24) is 4.90 Å². The van der Waals surface area contributed by atoms with Crippen LogP contribution in [-0.4, -0.2) is 64.7 Å². The molecule has 2 aromatic rings. The summed E-state index contributed by atoms with van der Waals surface area (Å²) in [6.07, 6.45) is 1.96. The second-order valence-corrected chi connectivity index (χ2v) is 12.9. The van der Waals surface area contributed by atoms with Gasteiger partial charge in [0.05, 0.1) is 31.7 Å². The van der Waals surface area contributed by atoms with Crippen molar-refractivity contribution in [3.8, 4) is 17.2 Å². The normalized spacial score (nSPS) is 32.5. The summed E-state index contributed by atoms with van der Waals surface area (Å²) in [6.45, 7) is 0. The van der Waals surface area contributed by atoms with Crippen molar-refractivity contribution in [3.63, 3.8) is 0 Å². The molecule has 2 aromatic carbocycles. The van der Waals surface area contributed by atoms with Crippen molar-refractivity contribution in [2.75, 3.05) is 26.2 Å². The van der Waals surface area contributed by atoms with Crippen LogP contribution in [0.15, 0.2) is 52.5 Å². The van der Waals surface area contributed by atoms with Crippen LogP contribution in [0.2, 0.25) is 0 Å². The summed E-state index contributed by atoms with van der Waals surface area (Å²) < 4.78 is 11.5. The van der Waals surface area contributed by atoms with E-state index in [9.17, 15) is 24.3 Å². The maximum absolute atomic E-state index is 14.0. The molecular weight excluding hydrogens is 639 g/mol. The van der Waals surface area contributed by atoms with Gasteiger partial charge in [-0.15, -0.1) is 23.2 Å². The maximum atomic E-state index is 14.0. The lowest BCUT2D eigenvalue weighted by atomic mass is 9.56. The predicted octanol–water partition coefficient (Wildman–Crippen LogP) is 4.37. The number of benzene rings is 2. The number of phenols is 1. The number of aromatic hydroxyl groups is 1. The monoisotopic (exact) mass is 662 g/mol. The fourth-order valence-corrected chi connectivity index (χ4v) is 8.33. The van der Waals surface area contributed by atoms with E-state index in [0.29, 0.717) is 16.8 Å². The first kappa shape index (κ1) is 28.1. The Labute approximate surface area is 254 Å². The van der Waals surface area contributed by atoms with Crippen LogP contribution in [0.4, 0.5) is 5.69 Å². The number of anilines is 1. The van der Waals surface area contributed by atoms with Crippen LogP contribution < -0.4 is 14.4 Å². The minimum absolute atomic E-state index is 0.0647. The lowest BCUT2D eigenvalue weighted by Gasteiger charge is -2.50. The lowest BCUT2D eigenvalue weighted by Crippen LogP contribution is -2.60. The molecule has 0 unspecified atom stereocenters. The number of allylic oxidation sites excluding steroid dienone is 2. The molecule has 0 radical (unpaired) electrons. The molecule has 2 aliphatic heterocycles. The summed E-state index contributed by atoms with van der Waals surface area (Å²) in [6, 6.07) is 9.91. The molecule has 4 amide bonds. The number of carbonyl (C=O) groups excluding carboxylic acids is 4. The molecule has 12 heteroatoms. The van der Waals surface area contributed by atoms with Crippen molar-refractivity contribution in [2.24, 2.45) is 17.8 Å². The number of hydrogen-bond donors (Lipinski definition) is 1. The third-order valence-electron chi connectivity index (χ3n) is 8.93. The highest BCUT2D eigenvalue weighted by Gasteiger charge is 2.76. The van der Waals surface area contributed by atoms with Gasteiger partial charge < -0.3 is 14.6 Å². The van der Waals surface area contributed by atoms with Gasteiger partial charge in [-0.2, -0.15) is 0 Å². The Bertz CT molecular complexity index is 1540. The number of alkyl halides is 2. The number of halogens is 3. The molecule has 0 bridgehead atoms. The van der Waals surface area contributed by atoms with Gasteiger partial charge >= 0.3 is 0 Å². The highest BCUT2D eigenvalue weighted by atomic mass is 79.9.